The van der Waals surface area contributed by atoms with Crippen molar-refractivity contribution in [1.29, 1.82) is 0 Å². The molecule has 0 radical (unpaired) electrons. The number of hydrogen-bond donors (Lipinski definition) is 1. The van der Waals surface area contributed by atoms with Crippen molar-refractivity contribution in [1.82, 2.24) is 5.43 Å². The summed E-state index contributed by atoms with van der Waals surface area (Å²) in [5, 5.41) is 4.84. The summed E-state index contributed by atoms with van der Waals surface area (Å²) in [5.41, 5.74) is 3.89. The first-order valence-corrected chi connectivity index (χ1v) is 9.36. The fourth-order valence-electron chi connectivity index (χ4n) is 2.60. The Morgan fingerprint density at radius 3 is 2.82 bits per heavy atom. The maximum absolute atomic E-state index is 12.3. The predicted octanol–water partition coefficient (Wildman–Crippen LogP) is 4.77. The summed E-state index contributed by atoms with van der Waals surface area (Å²) in [6, 6.07) is 14.6. The summed E-state index contributed by atoms with van der Waals surface area (Å²) in [6.07, 6.45) is 2.56. The number of nitrogens with zero attached hydrogens (tertiary/aromatic N) is 1. The predicted molar refractivity (Wildman–Crippen MR) is 109 cm³/mol. The third kappa shape index (κ3) is 4.71. The fourth-order valence-corrected chi connectivity index (χ4v) is 2.60. The van der Waals surface area contributed by atoms with Gasteiger partial charge < -0.3 is 13.9 Å². The molecule has 0 unspecified atom stereocenters. The molecule has 0 saturated heterocycles. The summed E-state index contributed by atoms with van der Waals surface area (Å²) >= 11 is 0. The van der Waals surface area contributed by atoms with Crippen LogP contribution in [0.5, 0.6) is 11.5 Å². The average molecular weight is 380 g/mol. The highest BCUT2D eigenvalue weighted by atomic mass is 16.5. The third-order valence-electron chi connectivity index (χ3n) is 4.21. The minimum absolute atomic E-state index is 0.0984. The second-order valence-electron chi connectivity index (χ2n) is 6.32. The number of benzene rings is 2. The van der Waals surface area contributed by atoms with Crippen molar-refractivity contribution in [3.05, 3.63) is 59.9 Å². The van der Waals surface area contributed by atoms with Crippen LogP contribution in [0.2, 0.25) is 0 Å². The summed E-state index contributed by atoms with van der Waals surface area (Å²) in [7, 11) is 0. The number of hydrazone groups is 1. The lowest BCUT2D eigenvalue weighted by Crippen LogP contribution is -2.17. The van der Waals surface area contributed by atoms with Gasteiger partial charge in [0.15, 0.2) is 5.76 Å². The molecular formula is C22H24N2O4. The van der Waals surface area contributed by atoms with E-state index in [9.17, 15) is 4.79 Å². The SMILES string of the molecule is CCOc1ccc2oc(C(=O)N/N=C/c3ccccc3O[C@H](C)CC)cc2c1. The van der Waals surface area contributed by atoms with Crippen molar-refractivity contribution in [2.45, 2.75) is 33.3 Å². The smallest absolute Gasteiger partial charge is 0.307 e. The zero-order valence-electron chi connectivity index (χ0n) is 16.3. The van der Waals surface area contributed by atoms with Gasteiger partial charge >= 0.3 is 5.91 Å². The van der Waals surface area contributed by atoms with Crippen LogP contribution in [-0.4, -0.2) is 24.8 Å². The molecule has 1 atom stereocenters. The van der Waals surface area contributed by atoms with E-state index in [4.69, 9.17) is 13.9 Å². The summed E-state index contributed by atoms with van der Waals surface area (Å²) in [4.78, 5) is 12.3. The van der Waals surface area contributed by atoms with E-state index in [2.05, 4.69) is 17.5 Å². The summed E-state index contributed by atoms with van der Waals surface area (Å²) in [5.74, 6) is 1.22. The lowest BCUT2D eigenvalue weighted by atomic mass is 10.2. The van der Waals surface area contributed by atoms with Crippen molar-refractivity contribution < 1.29 is 18.7 Å². The molecule has 1 aromatic heterocycles. The average Bonchev–Trinajstić information content (AvgIpc) is 3.13. The number of hydrogen-bond acceptors (Lipinski definition) is 5. The Labute approximate surface area is 164 Å². The van der Waals surface area contributed by atoms with Gasteiger partial charge in [0.1, 0.15) is 17.1 Å². The minimum Gasteiger partial charge on any atom is -0.494 e. The standard InChI is InChI=1S/C22H24N2O4/c1-4-15(3)27-19-9-7-6-8-16(19)14-23-24-22(25)21-13-17-12-18(26-5-2)10-11-20(17)28-21/h6-15H,4-5H2,1-3H3,(H,24,25)/b23-14+/t15-/m1/s1. The molecule has 146 valence electrons. The minimum atomic E-state index is -0.425. The maximum Gasteiger partial charge on any atom is 0.307 e. The quantitative estimate of drug-likeness (QED) is 0.451. The molecule has 6 nitrogen and oxygen atoms in total. The Morgan fingerprint density at radius 2 is 2.04 bits per heavy atom. The van der Waals surface area contributed by atoms with E-state index in [-0.39, 0.29) is 11.9 Å². The van der Waals surface area contributed by atoms with Crippen LogP contribution in [-0.2, 0) is 0 Å². The topological polar surface area (TPSA) is 73.1 Å². The summed E-state index contributed by atoms with van der Waals surface area (Å²) in [6.45, 7) is 6.57. The second kappa shape index (κ2) is 9.08. The highest BCUT2D eigenvalue weighted by molar-refractivity contribution is 5.97. The monoisotopic (exact) mass is 380 g/mol. The van der Waals surface area contributed by atoms with E-state index in [1.807, 2.05) is 50.2 Å². The zero-order chi connectivity index (χ0) is 19.9. The fraction of sp³-hybridized carbons (Fsp3) is 0.273. The van der Waals surface area contributed by atoms with Crippen LogP contribution in [0.3, 0.4) is 0 Å². The Balaban J connectivity index is 1.69. The Morgan fingerprint density at radius 1 is 1.21 bits per heavy atom. The van der Waals surface area contributed by atoms with Crippen molar-refractivity contribution in [2.75, 3.05) is 6.61 Å². The van der Waals surface area contributed by atoms with Crippen LogP contribution in [0.25, 0.3) is 11.0 Å². The number of para-hydroxylation sites is 1. The van der Waals surface area contributed by atoms with E-state index in [0.29, 0.717) is 12.2 Å². The van der Waals surface area contributed by atoms with Gasteiger partial charge in [-0.25, -0.2) is 5.43 Å². The van der Waals surface area contributed by atoms with Gasteiger partial charge in [-0.3, -0.25) is 4.79 Å². The molecule has 2 aromatic carbocycles. The van der Waals surface area contributed by atoms with E-state index >= 15 is 0 Å². The van der Waals surface area contributed by atoms with E-state index in [1.165, 1.54) is 0 Å². The number of furan rings is 1. The largest absolute Gasteiger partial charge is 0.494 e. The molecule has 0 aliphatic heterocycles. The molecule has 0 aliphatic rings. The van der Waals surface area contributed by atoms with E-state index in [0.717, 1.165) is 28.9 Å². The van der Waals surface area contributed by atoms with E-state index < -0.39 is 5.91 Å². The van der Waals surface area contributed by atoms with Gasteiger partial charge in [-0.2, -0.15) is 5.10 Å². The molecule has 0 bridgehead atoms. The molecule has 0 spiro atoms. The summed E-state index contributed by atoms with van der Waals surface area (Å²) < 4.78 is 16.9. The molecule has 0 aliphatic carbocycles. The van der Waals surface area contributed by atoms with Crippen molar-refractivity contribution in [3.8, 4) is 11.5 Å². The number of fused-ring (bicyclic) bond motifs is 1. The highest BCUT2D eigenvalue weighted by Gasteiger charge is 2.12. The van der Waals surface area contributed by atoms with Crippen LogP contribution in [0.15, 0.2) is 58.0 Å². The molecule has 1 amide bonds. The van der Waals surface area contributed by atoms with Gasteiger partial charge in [-0.05, 0) is 56.7 Å². The molecule has 28 heavy (non-hydrogen) atoms. The van der Waals surface area contributed by atoms with Gasteiger partial charge in [0.25, 0.3) is 0 Å². The van der Waals surface area contributed by atoms with Gasteiger partial charge in [0.2, 0.25) is 0 Å². The van der Waals surface area contributed by atoms with Gasteiger partial charge in [0.05, 0.1) is 18.9 Å². The van der Waals surface area contributed by atoms with Crippen molar-refractivity contribution in [2.24, 2.45) is 5.10 Å². The van der Waals surface area contributed by atoms with Crippen molar-refractivity contribution >= 4 is 23.1 Å². The first kappa shape index (κ1) is 19.5. The lowest BCUT2D eigenvalue weighted by Gasteiger charge is -2.14. The molecule has 0 fully saturated rings. The number of carbonyl (C=O) groups excluding carboxylic acids is 1. The second-order valence-corrected chi connectivity index (χ2v) is 6.32. The van der Waals surface area contributed by atoms with Crippen LogP contribution in [0, 0.1) is 0 Å². The number of carbonyl (C=O) groups is 1. The number of nitrogens with one attached hydrogen (secondary N) is 1. The van der Waals surface area contributed by atoms with Crippen LogP contribution < -0.4 is 14.9 Å². The van der Waals surface area contributed by atoms with Gasteiger partial charge in [0, 0.05) is 10.9 Å². The zero-order valence-corrected chi connectivity index (χ0v) is 16.3. The highest BCUT2D eigenvalue weighted by Crippen LogP contribution is 2.24. The lowest BCUT2D eigenvalue weighted by molar-refractivity contribution is 0.0929. The molecule has 1 heterocycles. The molecule has 0 saturated carbocycles. The number of rotatable bonds is 8. The number of amides is 1. The van der Waals surface area contributed by atoms with Gasteiger partial charge in [-0.15, -0.1) is 0 Å². The number of ether oxygens (including phenoxy) is 2. The third-order valence-corrected chi connectivity index (χ3v) is 4.21. The first-order chi connectivity index (χ1) is 13.6. The van der Waals surface area contributed by atoms with Crippen LogP contribution in [0.4, 0.5) is 0 Å². The molecule has 1 N–H and O–H groups in total. The molecular weight excluding hydrogens is 356 g/mol. The molecule has 3 rings (SSSR count). The molecule has 6 heteroatoms. The van der Waals surface area contributed by atoms with Crippen LogP contribution in [0.1, 0.15) is 43.3 Å². The Kier molecular flexibility index (Phi) is 6.32. The van der Waals surface area contributed by atoms with Gasteiger partial charge in [-0.1, -0.05) is 19.1 Å². The molecule has 3 aromatic rings. The Bertz CT molecular complexity index is 978. The van der Waals surface area contributed by atoms with Crippen molar-refractivity contribution in [3.63, 3.8) is 0 Å². The maximum atomic E-state index is 12.3. The van der Waals surface area contributed by atoms with E-state index in [1.54, 1.807) is 18.3 Å². The Hall–Kier alpha value is -3.28. The normalized spacial score (nSPS) is 12.2. The first-order valence-electron chi connectivity index (χ1n) is 9.36. The van der Waals surface area contributed by atoms with Crippen LogP contribution >= 0.6 is 0 Å².